The summed E-state index contributed by atoms with van der Waals surface area (Å²) in [6.45, 7) is 8.59. The molecule has 1 aromatic heterocycles. The lowest BCUT2D eigenvalue weighted by molar-refractivity contribution is -0.143. The predicted octanol–water partition coefficient (Wildman–Crippen LogP) is 7.34. The minimum Gasteiger partial charge on any atom is -0.374 e. The first-order valence-electron chi connectivity index (χ1n) is 15.1. The van der Waals surface area contributed by atoms with E-state index in [2.05, 4.69) is 21.7 Å². The molecule has 0 saturated carbocycles. The highest BCUT2D eigenvalue weighted by molar-refractivity contribution is 5.36. The fourth-order valence-electron chi connectivity index (χ4n) is 6.41. The van der Waals surface area contributed by atoms with Crippen molar-refractivity contribution in [2.24, 2.45) is 0 Å². The smallest absolute Gasteiger partial charge is 0.374 e. The molecule has 3 aromatic rings. The first-order chi connectivity index (χ1) is 22.2. The van der Waals surface area contributed by atoms with Crippen LogP contribution in [0, 0.1) is 0 Å². The number of piperidine rings is 1. The van der Waals surface area contributed by atoms with Gasteiger partial charge in [0.15, 0.2) is 0 Å². The Morgan fingerprint density at radius 3 is 2.36 bits per heavy atom. The molecule has 1 fully saturated rings. The van der Waals surface area contributed by atoms with Crippen molar-refractivity contribution in [3.05, 3.63) is 124 Å². The van der Waals surface area contributed by atoms with Crippen LogP contribution in [0.4, 0.5) is 26.3 Å². The van der Waals surface area contributed by atoms with Crippen LogP contribution in [0.5, 0.6) is 0 Å². The Balaban J connectivity index is 1.46. The molecular formula is C34H36F6N4O3. The summed E-state index contributed by atoms with van der Waals surface area (Å²) in [5.41, 5.74) is -3.55. The van der Waals surface area contributed by atoms with E-state index in [-0.39, 0.29) is 37.1 Å². The summed E-state index contributed by atoms with van der Waals surface area (Å²) in [6, 6.07) is 11.1. The molecule has 0 aliphatic carbocycles. The van der Waals surface area contributed by atoms with Crippen LogP contribution in [0.15, 0.2) is 89.8 Å². The molecule has 1 unspecified atom stereocenters. The Morgan fingerprint density at radius 1 is 1.04 bits per heavy atom. The summed E-state index contributed by atoms with van der Waals surface area (Å²) >= 11 is 0. The number of fused-ring (bicyclic) bond motifs is 4. The summed E-state index contributed by atoms with van der Waals surface area (Å²) in [5, 5.41) is 6.82. The number of benzene rings is 2. The number of halogens is 6. The summed E-state index contributed by atoms with van der Waals surface area (Å²) in [5.74, 6) is 0.472. The molecule has 4 atom stereocenters. The number of nitrogens with zero attached hydrogens (tertiary/aromatic N) is 3. The monoisotopic (exact) mass is 662 g/mol. The summed E-state index contributed by atoms with van der Waals surface area (Å²) in [6.07, 6.45) is -2.99. The van der Waals surface area contributed by atoms with Gasteiger partial charge in [0, 0.05) is 6.54 Å². The number of aromatic nitrogens is 3. The molecule has 47 heavy (non-hydrogen) atoms. The van der Waals surface area contributed by atoms with Crippen molar-refractivity contribution in [2.75, 3.05) is 19.8 Å². The Hall–Kier alpha value is -3.94. The molecule has 1 saturated heterocycles. The van der Waals surface area contributed by atoms with Gasteiger partial charge in [0.1, 0.15) is 5.82 Å². The first-order valence-corrected chi connectivity index (χ1v) is 15.1. The molecule has 0 radical (unpaired) electrons. The Kier molecular flexibility index (Phi) is 9.72. The van der Waals surface area contributed by atoms with Gasteiger partial charge >= 0.3 is 18.0 Å². The van der Waals surface area contributed by atoms with Crippen LogP contribution in [0.1, 0.15) is 60.9 Å². The highest BCUT2D eigenvalue weighted by Crippen LogP contribution is 2.46. The quantitative estimate of drug-likeness (QED) is 0.172. The lowest BCUT2D eigenvalue weighted by atomic mass is 9.73. The molecule has 2 aromatic carbocycles. The largest absolute Gasteiger partial charge is 0.416 e. The highest BCUT2D eigenvalue weighted by atomic mass is 19.4. The molecule has 13 heteroatoms. The van der Waals surface area contributed by atoms with Gasteiger partial charge in [0.2, 0.25) is 0 Å². The summed E-state index contributed by atoms with van der Waals surface area (Å²) < 4.78 is 95.5. The lowest BCUT2D eigenvalue weighted by Gasteiger charge is -2.57. The Bertz CT molecular complexity index is 1660. The van der Waals surface area contributed by atoms with E-state index in [9.17, 15) is 31.1 Å². The second-order valence-corrected chi connectivity index (χ2v) is 12.1. The average molecular weight is 663 g/mol. The number of H-pyrrole nitrogens is 1. The normalized spacial score (nSPS) is 23.7. The summed E-state index contributed by atoms with van der Waals surface area (Å²) in [7, 11) is 0. The van der Waals surface area contributed by atoms with Crippen molar-refractivity contribution in [3.63, 3.8) is 0 Å². The lowest BCUT2D eigenvalue weighted by Crippen LogP contribution is -2.68. The second kappa shape index (κ2) is 13.3. The first kappa shape index (κ1) is 34.4. The zero-order valence-corrected chi connectivity index (χ0v) is 26.0. The van der Waals surface area contributed by atoms with Gasteiger partial charge in [-0.25, -0.2) is 9.89 Å². The zero-order chi connectivity index (χ0) is 34.0. The van der Waals surface area contributed by atoms with E-state index in [0.717, 1.165) is 5.56 Å². The van der Waals surface area contributed by atoms with Crippen LogP contribution in [0.2, 0.25) is 0 Å². The van der Waals surface area contributed by atoms with Gasteiger partial charge in [-0.1, -0.05) is 61.2 Å². The molecule has 0 spiro atoms. The SMILES string of the molecule is C=C(/C=C\C=C/C)[C@]1(CO[C@H](C)c2cc(C(F)(F)F)cc(C(F)(F)F)c2)CC[C@@]2(COCc3ccccc3)CN1Cc1n[nH]c(=O)n12. The van der Waals surface area contributed by atoms with E-state index in [4.69, 9.17) is 9.47 Å². The van der Waals surface area contributed by atoms with Crippen molar-refractivity contribution in [3.8, 4) is 0 Å². The Labute approximate surface area is 268 Å². The average Bonchev–Trinajstić information content (AvgIpc) is 3.41. The zero-order valence-electron chi connectivity index (χ0n) is 26.0. The summed E-state index contributed by atoms with van der Waals surface area (Å²) in [4.78, 5) is 15.1. The van der Waals surface area contributed by atoms with Gasteiger partial charge in [-0.05, 0) is 61.6 Å². The number of allylic oxidation sites excluding steroid dienone is 3. The van der Waals surface area contributed by atoms with Gasteiger partial charge in [0.25, 0.3) is 0 Å². The van der Waals surface area contributed by atoms with Gasteiger partial charge in [-0.2, -0.15) is 31.4 Å². The van der Waals surface area contributed by atoms with Crippen LogP contribution in [0.25, 0.3) is 0 Å². The maximum absolute atomic E-state index is 13.6. The van der Waals surface area contributed by atoms with Crippen molar-refractivity contribution in [1.82, 2.24) is 19.7 Å². The molecule has 7 nitrogen and oxygen atoms in total. The number of ether oxygens (including phenoxy) is 2. The van der Waals surface area contributed by atoms with Crippen molar-refractivity contribution in [2.45, 2.75) is 69.4 Å². The van der Waals surface area contributed by atoms with E-state index in [0.29, 0.717) is 49.5 Å². The molecule has 0 amide bonds. The Morgan fingerprint density at radius 2 is 1.72 bits per heavy atom. The van der Waals surface area contributed by atoms with Crippen molar-refractivity contribution < 1.29 is 35.8 Å². The fraction of sp³-hybridized carbons (Fsp3) is 0.412. The minimum atomic E-state index is -4.98. The van der Waals surface area contributed by atoms with Crippen LogP contribution < -0.4 is 5.69 Å². The molecule has 2 bridgehead atoms. The van der Waals surface area contributed by atoms with Gasteiger partial charge in [0.05, 0.1) is 54.7 Å². The maximum Gasteiger partial charge on any atom is 0.416 e. The molecule has 1 N–H and O–H groups in total. The number of hydrogen-bond donors (Lipinski definition) is 1. The molecule has 2 aliphatic rings. The van der Waals surface area contributed by atoms with Crippen LogP contribution in [0.3, 0.4) is 0 Å². The van der Waals surface area contributed by atoms with Gasteiger partial charge in [-0.15, -0.1) is 0 Å². The van der Waals surface area contributed by atoms with E-state index in [1.165, 1.54) is 6.92 Å². The maximum atomic E-state index is 13.6. The topological polar surface area (TPSA) is 72.4 Å². The van der Waals surface area contributed by atoms with E-state index < -0.39 is 40.7 Å². The third-order valence-corrected chi connectivity index (χ3v) is 8.98. The molecular weight excluding hydrogens is 626 g/mol. The molecule has 2 aliphatic heterocycles. The third kappa shape index (κ3) is 7.16. The standard InChI is InChI=1S/C34H36F6N4O3/c1-4-5-7-10-23(2)32(22-47-24(3)26-15-27(33(35,36)37)17-28(16-26)34(38,39)40)14-13-31(21-46-19-25-11-8-6-9-12-25)20-43(32)18-29-41-42-30(45)44(29)31/h4-12,15-17,24H,2,13-14,18-22H2,1,3H3,(H,42,45)/b5-4-,10-7-/t24-,31+,32-/m1/s1. The number of nitrogens with one attached hydrogen (secondary N) is 1. The van der Waals surface area contributed by atoms with Crippen LogP contribution in [-0.2, 0) is 40.5 Å². The van der Waals surface area contributed by atoms with Crippen molar-refractivity contribution >= 4 is 0 Å². The predicted molar refractivity (Wildman–Crippen MR) is 163 cm³/mol. The molecule has 5 rings (SSSR count). The van der Waals surface area contributed by atoms with Crippen LogP contribution in [-0.4, -0.2) is 45.0 Å². The van der Waals surface area contributed by atoms with Crippen molar-refractivity contribution in [1.29, 1.82) is 0 Å². The number of rotatable bonds is 11. The van der Waals surface area contributed by atoms with E-state index in [1.807, 2.05) is 55.5 Å². The van der Waals surface area contributed by atoms with E-state index in [1.54, 1.807) is 10.6 Å². The third-order valence-electron chi connectivity index (χ3n) is 8.98. The second-order valence-electron chi connectivity index (χ2n) is 12.1. The number of hydrogen-bond acceptors (Lipinski definition) is 5. The van der Waals surface area contributed by atoms with E-state index >= 15 is 0 Å². The minimum absolute atomic E-state index is 0.0968. The van der Waals surface area contributed by atoms with Gasteiger partial charge in [-0.3, -0.25) is 9.47 Å². The molecule has 3 heterocycles. The fourth-order valence-corrected chi connectivity index (χ4v) is 6.41. The number of alkyl halides is 6. The highest BCUT2D eigenvalue weighted by Gasteiger charge is 2.54. The molecule has 252 valence electrons. The number of aromatic amines is 1. The van der Waals surface area contributed by atoms with Gasteiger partial charge < -0.3 is 9.47 Å². The van der Waals surface area contributed by atoms with Crippen LogP contribution >= 0.6 is 0 Å².